The van der Waals surface area contributed by atoms with Crippen LogP contribution in [0.25, 0.3) is 0 Å². The highest BCUT2D eigenvalue weighted by molar-refractivity contribution is 5.96. The maximum Gasteiger partial charge on any atom is 0.417 e. The first-order valence-corrected chi connectivity index (χ1v) is 8.70. The van der Waals surface area contributed by atoms with E-state index >= 15 is 0 Å². The van der Waals surface area contributed by atoms with Gasteiger partial charge in [0.15, 0.2) is 0 Å². The number of piperazine rings is 1. The number of benzene rings is 1. The molecule has 2 aliphatic heterocycles. The smallest absolute Gasteiger partial charge is 0.381 e. The highest BCUT2D eigenvalue weighted by Gasteiger charge is 2.37. The fourth-order valence-electron chi connectivity index (χ4n) is 3.42. The van der Waals surface area contributed by atoms with Crippen molar-refractivity contribution in [3.05, 3.63) is 35.4 Å². The van der Waals surface area contributed by atoms with Crippen LogP contribution in [0.1, 0.15) is 28.8 Å². The molecule has 26 heavy (non-hydrogen) atoms. The number of carbonyl (C=O) groups excluding carboxylic acids is 2. The van der Waals surface area contributed by atoms with Crippen molar-refractivity contribution in [2.75, 3.05) is 39.4 Å². The minimum absolute atomic E-state index is 0.0519. The van der Waals surface area contributed by atoms with Gasteiger partial charge in [0.05, 0.1) is 11.1 Å². The molecule has 2 aliphatic rings. The Balaban J connectivity index is 1.63. The van der Waals surface area contributed by atoms with E-state index in [4.69, 9.17) is 4.74 Å². The van der Waals surface area contributed by atoms with E-state index in [1.165, 1.54) is 23.1 Å². The minimum Gasteiger partial charge on any atom is -0.381 e. The van der Waals surface area contributed by atoms with Crippen molar-refractivity contribution in [1.82, 2.24) is 9.80 Å². The monoisotopic (exact) mass is 370 g/mol. The second-order valence-corrected chi connectivity index (χ2v) is 6.55. The van der Waals surface area contributed by atoms with Crippen LogP contribution in [-0.4, -0.2) is 61.0 Å². The Hall–Kier alpha value is -2.09. The molecule has 0 saturated carbocycles. The number of carbonyl (C=O) groups is 2. The van der Waals surface area contributed by atoms with E-state index in [2.05, 4.69) is 0 Å². The van der Waals surface area contributed by atoms with Gasteiger partial charge >= 0.3 is 6.18 Å². The van der Waals surface area contributed by atoms with E-state index in [0.29, 0.717) is 39.1 Å². The van der Waals surface area contributed by atoms with Gasteiger partial charge in [0, 0.05) is 45.3 Å². The second-order valence-electron chi connectivity index (χ2n) is 6.55. The first-order chi connectivity index (χ1) is 12.4. The molecule has 0 atom stereocenters. The summed E-state index contributed by atoms with van der Waals surface area (Å²) in [5.74, 6) is -0.649. The van der Waals surface area contributed by atoms with Crippen LogP contribution in [0.3, 0.4) is 0 Å². The van der Waals surface area contributed by atoms with Gasteiger partial charge in [-0.05, 0) is 25.0 Å². The molecular formula is C18H21F3N2O3. The normalized spacial score (nSPS) is 19.5. The Labute approximate surface area is 149 Å². The number of rotatable bonds is 2. The number of amides is 2. The molecule has 0 N–H and O–H groups in total. The Morgan fingerprint density at radius 3 is 2.15 bits per heavy atom. The molecule has 1 aromatic carbocycles. The van der Waals surface area contributed by atoms with E-state index in [-0.39, 0.29) is 30.5 Å². The Morgan fingerprint density at radius 1 is 0.962 bits per heavy atom. The van der Waals surface area contributed by atoms with Gasteiger partial charge in [0.1, 0.15) is 0 Å². The molecule has 1 aromatic rings. The van der Waals surface area contributed by atoms with Crippen LogP contribution in [0, 0.1) is 5.92 Å². The van der Waals surface area contributed by atoms with E-state index in [1.807, 2.05) is 0 Å². The number of nitrogens with zero attached hydrogens (tertiary/aromatic N) is 2. The van der Waals surface area contributed by atoms with Crippen molar-refractivity contribution in [2.24, 2.45) is 5.92 Å². The third kappa shape index (κ3) is 4.00. The average molecular weight is 370 g/mol. The van der Waals surface area contributed by atoms with Crippen molar-refractivity contribution in [3.63, 3.8) is 0 Å². The van der Waals surface area contributed by atoms with Gasteiger partial charge in [-0.15, -0.1) is 0 Å². The molecule has 0 spiro atoms. The number of ether oxygens (including phenoxy) is 1. The van der Waals surface area contributed by atoms with Gasteiger partial charge in [0.2, 0.25) is 5.91 Å². The van der Waals surface area contributed by atoms with Crippen LogP contribution >= 0.6 is 0 Å². The highest BCUT2D eigenvalue weighted by atomic mass is 19.4. The predicted molar refractivity (Wildman–Crippen MR) is 87.5 cm³/mol. The quantitative estimate of drug-likeness (QED) is 0.803. The zero-order valence-corrected chi connectivity index (χ0v) is 14.3. The number of hydrogen-bond donors (Lipinski definition) is 0. The van der Waals surface area contributed by atoms with Crippen molar-refractivity contribution < 1.29 is 27.5 Å². The first kappa shape index (κ1) is 18.7. The predicted octanol–water partition coefficient (Wildman–Crippen LogP) is 2.42. The molecule has 5 nitrogen and oxygen atoms in total. The molecule has 0 bridgehead atoms. The molecule has 0 aliphatic carbocycles. The summed E-state index contributed by atoms with van der Waals surface area (Å²) in [6.45, 7) is 2.30. The van der Waals surface area contributed by atoms with Crippen LogP contribution in [-0.2, 0) is 15.7 Å². The molecule has 2 heterocycles. The molecule has 2 amide bonds. The molecule has 0 radical (unpaired) electrons. The molecule has 0 unspecified atom stereocenters. The van der Waals surface area contributed by atoms with Gasteiger partial charge in [-0.2, -0.15) is 13.2 Å². The molecule has 3 rings (SSSR count). The summed E-state index contributed by atoms with van der Waals surface area (Å²) in [5.41, 5.74) is -1.27. The molecule has 2 fully saturated rings. The maximum atomic E-state index is 13.1. The van der Waals surface area contributed by atoms with Crippen LogP contribution in [0.2, 0.25) is 0 Å². The summed E-state index contributed by atoms with van der Waals surface area (Å²) in [4.78, 5) is 28.1. The van der Waals surface area contributed by atoms with Crippen molar-refractivity contribution in [3.8, 4) is 0 Å². The van der Waals surface area contributed by atoms with Gasteiger partial charge in [-0.25, -0.2) is 0 Å². The Bertz CT molecular complexity index is 664. The summed E-state index contributed by atoms with van der Waals surface area (Å²) in [5, 5.41) is 0. The fourth-order valence-corrected chi connectivity index (χ4v) is 3.42. The van der Waals surface area contributed by atoms with Crippen LogP contribution in [0.4, 0.5) is 13.2 Å². The van der Waals surface area contributed by atoms with Crippen molar-refractivity contribution >= 4 is 11.8 Å². The van der Waals surface area contributed by atoms with E-state index < -0.39 is 17.6 Å². The van der Waals surface area contributed by atoms with Crippen LogP contribution in [0.15, 0.2) is 24.3 Å². The number of hydrogen-bond acceptors (Lipinski definition) is 3. The average Bonchev–Trinajstić information content (AvgIpc) is 2.67. The number of halogens is 3. The highest BCUT2D eigenvalue weighted by Crippen LogP contribution is 2.32. The van der Waals surface area contributed by atoms with Gasteiger partial charge < -0.3 is 14.5 Å². The standard InChI is InChI=1S/C18H21F3N2O3/c19-18(20,21)15-4-2-1-3-14(15)17(25)23-9-7-22(8-10-23)16(24)13-5-11-26-12-6-13/h1-4,13H,5-12H2. The molecule has 142 valence electrons. The lowest BCUT2D eigenvalue weighted by Crippen LogP contribution is -2.52. The molecule has 8 heteroatoms. The summed E-state index contributed by atoms with van der Waals surface area (Å²) in [7, 11) is 0. The van der Waals surface area contributed by atoms with Gasteiger partial charge in [0.25, 0.3) is 5.91 Å². The largest absolute Gasteiger partial charge is 0.417 e. The minimum atomic E-state index is -4.58. The Kier molecular flexibility index (Phi) is 5.50. The maximum absolute atomic E-state index is 13.1. The zero-order chi connectivity index (χ0) is 18.7. The van der Waals surface area contributed by atoms with Crippen LogP contribution in [0.5, 0.6) is 0 Å². The molecule has 2 saturated heterocycles. The van der Waals surface area contributed by atoms with Crippen molar-refractivity contribution in [1.29, 1.82) is 0 Å². The Morgan fingerprint density at radius 2 is 1.54 bits per heavy atom. The summed E-state index contributed by atoms with van der Waals surface area (Å²) >= 11 is 0. The first-order valence-electron chi connectivity index (χ1n) is 8.70. The number of alkyl halides is 3. The van der Waals surface area contributed by atoms with Crippen molar-refractivity contribution in [2.45, 2.75) is 19.0 Å². The van der Waals surface area contributed by atoms with Gasteiger partial charge in [-0.1, -0.05) is 12.1 Å². The molecular weight excluding hydrogens is 349 g/mol. The summed E-state index contributed by atoms with van der Waals surface area (Å²) in [6.07, 6.45) is -3.19. The summed E-state index contributed by atoms with van der Waals surface area (Å²) < 4.78 is 44.6. The summed E-state index contributed by atoms with van der Waals surface area (Å²) in [6, 6.07) is 4.81. The molecule has 0 aromatic heterocycles. The van der Waals surface area contributed by atoms with E-state index in [1.54, 1.807) is 4.90 Å². The SMILES string of the molecule is O=C(c1ccccc1C(F)(F)F)N1CCN(C(=O)C2CCOCC2)CC1. The van der Waals surface area contributed by atoms with Gasteiger partial charge in [-0.3, -0.25) is 9.59 Å². The van der Waals surface area contributed by atoms with Crippen LogP contribution < -0.4 is 0 Å². The zero-order valence-electron chi connectivity index (χ0n) is 14.3. The third-order valence-corrected chi connectivity index (χ3v) is 4.91. The lowest BCUT2D eigenvalue weighted by Gasteiger charge is -2.37. The third-order valence-electron chi connectivity index (χ3n) is 4.91. The lowest BCUT2D eigenvalue weighted by atomic mass is 9.98. The fraction of sp³-hybridized carbons (Fsp3) is 0.556. The topological polar surface area (TPSA) is 49.9 Å². The van der Waals surface area contributed by atoms with E-state index in [0.717, 1.165) is 6.07 Å². The lowest BCUT2D eigenvalue weighted by molar-refractivity contribution is -0.140. The van der Waals surface area contributed by atoms with E-state index in [9.17, 15) is 22.8 Å². The second kappa shape index (κ2) is 7.65.